The molecule has 5 nitrogen and oxygen atoms in total. The summed E-state index contributed by atoms with van der Waals surface area (Å²) in [6.07, 6.45) is -1.47. The second-order valence-corrected chi connectivity index (χ2v) is 3.66. The van der Waals surface area contributed by atoms with Crippen molar-refractivity contribution < 1.29 is 19.5 Å². The minimum Gasteiger partial charge on any atom is -0.383 e. The summed E-state index contributed by atoms with van der Waals surface area (Å²) in [6, 6.07) is 0. The van der Waals surface area contributed by atoms with E-state index in [0.717, 1.165) is 4.90 Å². The molecule has 0 aromatic rings. The number of carbonyl (C=O) groups is 3. The number of rotatable bonds is 3. The number of imide groups is 1. The summed E-state index contributed by atoms with van der Waals surface area (Å²) in [4.78, 5) is 34.4. The SMILES string of the molecule is CC(C)C(=O)CN1C(=O)CC(O)C1=O. The van der Waals surface area contributed by atoms with Crippen LogP contribution in [0.5, 0.6) is 0 Å². The molecule has 1 atom stereocenters. The molecular formula is C9H13NO4. The van der Waals surface area contributed by atoms with Gasteiger partial charge in [0.05, 0.1) is 13.0 Å². The summed E-state index contributed by atoms with van der Waals surface area (Å²) in [6.45, 7) is 3.18. The number of carbonyl (C=O) groups excluding carboxylic acids is 3. The van der Waals surface area contributed by atoms with Crippen molar-refractivity contribution in [1.82, 2.24) is 4.90 Å². The minimum atomic E-state index is -1.26. The highest BCUT2D eigenvalue weighted by atomic mass is 16.3. The zero-order valence-electron chi connectivity index (χ0n) is 8.19. The standard InChI is InChI=1S/C9H13NO4/c1-5(2)7(12)4-10-8(13)3-6(11)9(10)14/h5-6,11H,3-4H2,1-2H3. The zero-order valence-corrected chi connectivity index (χ0v) is 8.19. The van der Waals surface area contributed by atoms with E-state index in [9.17, 15) is 14.4 Å². The van der Waals surface area contributed by atoms with Crippen LogP contribution in [0.2, 0.25) is 0 Å². The molecule has 14 heavy (non-hydrogen) atoms. The van der Waals surface area contributed by atoms with Crippen LogP contribution in [0.4, 0.5) is 0 Å². The van der Waals surface area contributed by atoms with Crippen LogP contribution in [0.1, 0.15) is 20.3 Å². The summed E-state index contributed by atoms with van der Waals surface area (Å²) in [7, 11) is 0. The van der Waals surface area contributed by atoms with Gasteiger partial charge in [0.2, 0.25) is 5.91 Å². The molecule has 1 saturated heterocycles. The van der Waals surface area contributed by atoms with E-state index in [1.165, 1.54) is 0 Å². The van der Waals surface area contributed by atoms with Crippen LogP contribution >= 0.6 is 0 Å². The lowest BCUT2D eigenvalue weighted by Gasteiger charge is -2.13. The third-order valence-electron chi connectivity index (χ3n) is 2.18. The first-order chi connectivity index (χ1) is 6.43. The van der Waals surface area contributed by atoms with Gasteiger partial charge in [0.25, 0.3) is 5.91 Å². The fourth-order valence-corrected chi connectivity index (χ4v) is 1.17. The maximum absolute atomic E-state index is 11.3. The summed E-state index contributed by atoms with van der Waals surface area (Å²) in [5.41, 5.74) is 0. The average Bonchev–Trinajstić information content (AvgIpc) is 2.32. The maximum atomic E-state index is 11.3. The Labute approximate surface area is 81.7 Å². The van der Waals surface area contributed by atoms with Gasteiger partial charge in [0, 0.05) is 5.92 Å². The molecule has 1 N–H and O–H groups in total. The molecule has 0 aromatic heterocycles. The number of amides is 2. The zero-order chi connectivity index (χ0) is 10.9. The van der Waals surface area contributed by atoms with Gasteiger partial charge in [0.1, 0.15) is 6.10 Å². The van der Waals surface area contributed by atoms with Gasteiger partial charge in [-0.05, 0) is 0 Å². The topological polar surface area (TPSA) is 74.7 Å². The molecule has 1 unspecified atom stereocenters. The van der Waals surface area contributed by atoms with Gasteiger partial charge in [0.15, 0.2) is 5.78 Å². The second kappa shape index (κ2) is 3.88. The van der Waals surface area contributed by atoms with E-state index in [1.54, 1.807) is 13.8 Å². The van der Waals surface area contributed by atoms with E-state index in [2.05, 4.69) is 0 Å². The molecule has 2 amide bonds. The molecule has 78 valence electrons. The molecule has 0 aromatic carbocycles. The Morgan fingerprint density at radius 3 is 2.50 bits per heavy atom. The normalized spacial score (nSPS) is 22.3. The van der Waals surface area contributed by atoms with Gasteiger partial charge in [-0.2, -0.15) is 0 Å². The van der Waals surface area contributed by atoms with E-state index in [1.807, 2.05) is 0 Å². The summed E-state index contributed by atoms with van der Waals surface area (Å²) >= 11 is 0. The predicted molar refractivity (Wildman–Crippen MR) is 47.2 cm³/mol. The Morgan fingerprint density at radius 1 is 1.57 bits per heavy atom. The van der Waals surface area contributed by atoms with Gasteiger partial charge in [-0.15, -0.1) is 0 Å². The Hall–Kier alpha value is -1.23. The van der Waals surface area contributed by atoms with Crippen LogP contribution in [0, 0.1) is 5.92 Å². The number of Topliss-reactive ketones (excluding diaryl/α,β-unsaturated/α-hetero) is 1. The first kappa shape index (κ1) is 10.8. The third-order valence-corrected chi connectivity index (χ3v) is 2.18. The number of nitrogens with zero attached hydrogens (tertiary/aromatic N) is 1. The molecule has 1 fully saturated rings. The van der Waals surface area contributed by atoms with Crippen molar-refractivity contribution in [3.63, 3.8) is 0 Å². The molecular weight excluding hydrogens is 186 g/mol. The average molecular weight is 199 g/mol. The quantitative estimate of drug-likeness (QED) is 0.612. The molecule has 0 spiro atoms. The second-order valence-electron chi connectivity index (χ2n) is 3.66. The van der Waals surface area contributed by atoms with E-state index < -0.39 is 17.9 Å². The molecule has 0 bridgehead atoms. The first-order valence-corrected chi connectivity index (χ1v) is 4.48. The van der Waals surface area contributed by atoms with Crippen molar-refractivity contribution in [2.75, 3.05) is 6.54 Å². The molecule has 1 rings (SSSR count). The smallest absolute Gasteiger partial charge is 0.258 e. The van der Waals surface area contributed by atoms with E-state index in [4.69, 9.17) is 5.11 Å². The van der Waals surface area contributed by atoms with Gasteiger partial charge in [-0.25, -0.2) is 0 Å². The molecule has 0 radical (unpaired) electrons. The van der Waals surface area contributed by atoms with Crippen molar-refractivity contribution in [3.8, 4) is 0 Å². The van der Waals surface area contributed by atoms with Crippen molar-refractivity contribution in [2.24, 2.45) is 5.92 Å². The molecule has 1 aliphatic rings. The highest BCUT2D eigenvalue weighted by Crippen LogP contribution is 2.13. The lowest BCUT2D eigenvalue weighted by atomic mass is 10.1. The minimum absolute atomic E-state index is 0.180. The van der Waals surface area contributed by atoms with E-state index >= 15 is 0 Å². The molecule has 1 heterocycles. The van der Waals surface area contributed by atoms with Crippen molar-refractivity contribution in [3.05, 3.63) is 0 Å². The van der Waals surface area contributed by atoms with Crippen LogP contribution in [0.3, 0.4) is 0 Å². The van der Waals surface area contributed by atoms with Crippen molar-refractivity contribution >= 4 is 17.6 Å². The van der Waals surface area contributed by atoms with Crippen LogP contribution < -0.4 is 0 Å². The number of likely N-dealkylation sites (tertiary alicyclic amines) is 1. The number of ketones is 1. The molecule has 0 aliphatic carbocycles. The number of aliphatic hydroxyl groups excluding tert-OH is 1. The predicted octanol–water partition coefficient (Wildman–Crippen LogP) is -0.669. The molecule has 5 heteroatoms. The Kier molecular flexibility index (Phi) is 3.00. The molecule has 0 saturated carbocycles. The number of hydrogen-bond donors (Lipinski definition) is 1. The van der Waals surface area contributed by atoms with Crippen LogP contribution in [0.15, 0.2) is 0 Å². The maximum Gasteiger partial charge on any atom is 0.258 e. The Morgan fingerprint density at radius 2 is 2.14 bits per heavy atom. The number of hydrogen-bond acceptors (Lipinski definition) is 4. The van der Waals surface area contributed by atoms with Gasteiger partial charge >= 0.3 is 0 Å². The summed E-state index contributed by atoms with van der Waals surface area (Å²) in [5, 5.41) is 9.07. The fraction of sp³-hybridized carbons (Fsp3) is 0.667. The summed E-state index contributed by atoms with van der Waals surface area (Å²) < 4.78 is 0. The van der Waals surface area contributed by atoms with Crippen molar-refractivity contribution in [2.45, 2.75) is 26.4 Å². The van der Waals surface area contributed by atoms with Crippen molar-refractivity contribution in [1.29, 1.82) is 0 Å². The van der Waals surface area contributed by atoms with Gasteiger partial charge < -0.3 is 5.11 Å². The van der Waals surface area contributed by atoms with Gasteiger partial charge in [-0.3, -0.25) is 19.3 Å². The number of aliphatic hydroxyl groups is 1. The highest BCUT2D eigenvalue weighted by molar-refractivity contribution is 6.07. The fourth-order valence-electron chi connectivity index (χ4n) is 1.17. The molecule has 1 aliphatic heterocycles. The van der Waals surface area contributed by atoms with Gasteiger partial charge in [-0.1, -0.05) is 13.8 Å². The lowest BCUT2D eigenvalue weighted by molar-refractivity contribution is -0.144. The van der Waals surface area contributed by atoms with Crippen LogP contribution in [-0.2, 0) is 14.4 Å². The van der Waals surface area contributed by atoms with E-state index in [0.29, 0.717) is 0 Å². The van der Waals surface area contributed by atoms with E-state index in [-0.39, 0.29) is 24.7 Å². The largest absolute Gasteiger partial charge is 0.383 e. The summed E-state index contributed by atoms with van der Waals surface area (Å²) in [5.74, 6) is -1.53. The van der Waals surface area contributed by atoms with Crippen LogP contribution in [-0.4, -0.2) is 40.3 Å². The lowest BCUT2D eigenvalue weighted by Crippen LogP contribution is -2.37. The third kappa shape index (κ3) is 1.98. The first-order valence-electron chi connectivity index (χ1n) is 4.48. The Bertz CT molecular complexity index is 285. The highest BCUT2D eigenvalue weighted by Gasteiger charge is 2.38. The Balaban J connectivity index is 2.65. The van der Waals surface area contributed by atoms with Crippen LogP contribution in [0.25, 0.3) is 0 Å². The monoisotopic (exact) mass is 199 g/mol.